The lowest BCUT2D eigenvalue weighted by Gasteiger charge is -2.28. The summed E-state index contributed by atoms with van der Waals surface area (Å²) in [6.45, 7) is 3.03. The van der Waals surface area contributed by atoms with Crippen molar-refractivity contribution in [2.24, 2.45) is 5.92 Å². The fourth-order valence-electron chi connectivity index (χ4n) is 2.25. The molecule has 1 fully saturated rings. The Morgan fingerprint density at radius 3 is 2.47 bits per heavy atom. The highest BCUT2D eigenvalue weighted by molar-refractivity contribution is 5.76. The third-order valence-corrected chi connectivity index (χ3v) is 3.39. The number of hydrogen-bond acceptors (Lipinski definition) is 2. The van der Waals surface area contributed by atoms with Crippen LogP contribution in [0.1, 0.15) is 45.4 Å². The highest BCUT2D eigenvalue weighted by atomic mass is 16.1. The van der Waals surface area contributed by atoms with Crippen molar-refractivity contribution < 1.29 is 4.79 Å². The molecule has 0 aromatic carbocycles. The van der Waals surface area contributed by atoms with Gasteiger partial charge >= 0.3 is 0 Å². The number of nitrogens with one attached hydrogen (secondary N) is 2. The smallest absolute Gasteiger partial charge is 0.221 e. The molecule has 0 saturated heterocycles. The second-order valence-electron chi connectivity index (χ2n) is 4.55. The van der Waals surface area contributed by atoms with E-state index in [1.165, 1.54) is 32.1 Å². The van der Waals surface area contributed by atoms with Gasteiger partial charge < -0.3 is 10.6 Å². The molecule has 1 aliphatic carbocycles. The lowest BCUT2D eigenvalue weighted by molar-refractivity contribution is -0.121. The summed E-state index contributed by atoms with van der Waals surface area (Å²) in [5.74, 6) is 1.10. The summed E-state index contributed by atoms with van der Waals surface area (Å²) in [5, 5.41) is 6.11. The summed E-state index contributed by atoms with van der Waals surface area (Å²) >= 11 is 0. The second-order valence-corrected chi connectivity index (χ2v) is 4.55. The zero-order valence-corrected chi connectivity index (χ0v) is 10.0. The first kappa shape index (κ1) is 12.5. The fourth-order valence-corrected chi connectivity index (χ4v) is 2.25. The largest absolute Gasteiger partial charge is 0.353 e. The third kappa shape index (κ3) is 4.65. The van der Waals surface area contributed by atoms with Crippen molar-refractivity contribution in [2.75, 3.05) is 13.6 Å². The molecule has 1 amide bonds. The lowest BCUT2D eigenvalue weighted by Crippen LogP contribution is -2.38. The lowest BCUT2D eigenvalue weighted by atomic mass is 9.84. The molecule has 88 valence electrons. The first-order valence-corrected chi connectivity index (χ1v) is 6.20. The molecular formula is C12H24N2O. The number of carbonyl (C=O) groups excluding carboxylic acids is 1. The van der Waals surface area contributed by atoms with Gasteiger partial charge in [-0.1, -0.05) is 13.3 Å². The normalized spacial score (nSPS) is 26.3. The maximum atomic E-state index is 11.5. The highest BCUT2D eigenvalue weighted by Gasteiger charge is 2.20. The van der Waals surface area contributed by atoms with Crippen LogP contribution in [0.25, 0.3) is 0 Å². The van der Waals surface area contributed by atoms with E-state index < -0.39 is 0 Å². The number of amides is 1. The first-order valence-electron chi connectivity index (χ1n) is 6.20. The SMILES string of the molecule is CCC1CCC(NC(=O)CCNC)CC1. The van der Waals surface area contributed by atoms with E-state index in [1.807, 2.05) is 7.05 Å². The standard InChI is InChI=1S/C12H24N2O/c1-3-10-4-6-11(7-5-10)14-12(15)8-9-13-2/h10-11,13H,3-9H2,1-2H3,(H,14,15). The van der Waals surface area contributed by atoms with Gasteiger partial charge in [0.05, 0.1) is 0 Å². The van der Waals surface area contributed by atoms with Gasteiger partial charge in [-0.25, -0.2) is 0 Å². The molecule has 2 N–H and O–H groups in total. The van der Waals surface area contributed by atoms with E-state index in [9.17, 15) is 4.79 Å². The van der Waals surface area contributed by atoms with Crippen molar-refractivity contribution in [1.82, 2.24) is 10.6 Å². The fraction of sp³-hybridized carbons (Fsp3) is 0.917. The maximum Gasteiger partial charge on any atom is 0.221 e. The van der Waals surface area contributed by atoms with Gasteiger partial charge in [-0.15, -0.1) is 0 Å². The first-order chi connectivity index (χ1) is 7.26. The van der Waals surface area contributed by atoms with Crippen molar-refractivity contribution >= 4 is 5.91 Å². The van der Waals surface area contributed by atoms with E-state index >= 15 is 0 Å². The van der Waals surface area contributed by atoms with Gasteiger partial charge in [0.15, 0.2) is 0 Å². The van der Waals surface area contributed by atoms with Crippen LogP contribution in [0.5, 0.6) is 0 Å². The molecule has 15 heavy (non-hydrogen) atoms. The van der Waals surface area contributed by atoms with Crippen LogP contribution in [0, 0.1) is 5.92 Å². The van der Waals surface area contributed by atoms with Crippen LogP contribution in [0.2, 0.25) is 0 Å². The number of rotatable bonds is 5. The molecule has 1 aliphatic rings. The van der Waals surface area contributed by atoms with Crippen LogP contribution < -0.4 is 10.6 Å². The molecule has 0 heterocycles. The van der Waals surface area contributed by atoms with Gasteiger partial charge in [-0.05, 0) is 38.6 Å². The summed E-state index contributed by atoms with van der Waals surface area (Å²) in [6, 6.07) is 0.442. The highest BCUT2D eigenvalue weighted by Crippen LogP contribution is 2.26. The van der Waals surface area contributed by atoms with Crippen molar-refractivity contribution in [1.29, 1.82) is 0 Å². The Hall–Kier alpha value is -0.570. The van der Waals surface area contributed by atoms with Gasteiger partial charge in [-0.2, -0.15) is 0 Å². The molecule has 0 aliphatic heterocycles. The zero-order chi connectivity index (χ0) is 11.1. The van der Waals surface area contributed by atoms with Crippen LogP contribution in [0.4, 0.5) is 0 Å². The van der Waals surface area contributed by atoms with Crippen LogP contribution in [0.3, 0.4) is 0 Å². The Morgan fingerprint density at radius 1 is 1.27 bits per heavy atom. The molecule has 0 unspecified atom stereocenters. The van der Waals surface area contributed by atoms with Crippen molar-refractivity contribution in [2.45, 2.75) is 51.5 Å². The zero-order valence-electron chi connectivity index (χ0n) is 10.0. The van der Waals surface area contributed by atoms with Crippen molar-refractivity contribution in [3.63, 3.8) is 0 Å². The number of carbonyl (C=O) groups is 1. The van der Waals surface area contributed by atoms with Gasteiger partial charge in [0.1, 0.15) is 0 Å². The molecule has 1 rings (SSSR count). The Morgan fingerprint density at radius 2 is 1.93 bits per heavy atom. The van der Waals surface area contributed by atoms with E-state index in [-0.39, 0.29) is 5.91 Å². The van der Waals surface area contributed by atoms with E-state index in [0.717, 1.165) is 12.5 Å². The monoisotopic (exact) mass is 212 g/mol. The van der Waals surface area contributed by atoms with Gasteiger partial charge in [0.2, 0.25) is 5.91 Å². The predicted molar refractivity (Wildman–Crippen MR) is 62.7 cm³/mol. The Balaban J connectivity index is 2.15. The molecule has 0 radical (unpaired) electrons. The van der Waals surface area contributed by atoms with Crippen molar-refractivity contribution in [3.05, 3.63) is 0 Å². The Labute approximate surface area is 93.0 Å². The van der Waals surface area contributed by atoms with Crippen molar-refractivity contribution in [3.8, 4) is 0 Å². The molecule has 0 aromatic rings. The number of hydrogen-bond donors (Lipinski definition) is 2. The Bertz CT molecular complexity index is 186. The van der Waals surface area contributed by atoms with E-state index in [1.54, 1.807) is 0 Å². The van der Waals surface area contributed by atoms with Crippen LogP contribution in [0.15, 0.2) is 0 Å². The molecule has 3 nitrogen and oxygen atoms in total. The molecule has 0 atom stereocenters. The molecular weight excluding hydrogens is 188 g/mol. The average Bonchev–Trinajstić information content (AvgIpc) is 2.27. The Kier molecular flexibility index (Phi) is 5.69. The maximum absolute atomic E-state index is 11.5. The summed E-state index contributed by atoms with van der Waals surface area (Å²) in [5.41, 5.74) is 0. The summed E-state index contributed by atoms with van der Waals surface area (Å²) in [6.07, 6.45) is 6.80. The topological polar surface area (TPSA) is 41.1 Å². The molecule has 3 heteroatoms. The second kappa shape index (κ2) is 6.83. The van der Waals surface area contributed by atoms with Gasteiger partial charge in [0, 0.05) is 19.0 Å². The van der Waals surface area contributed by atoms with E-state index in [4.69, 9.17) is 0 Å². The van der Waals surface area contributed by atoms with E-state index in [0.29, 0.717) is 12.5 Å². The summed E-state index contributed by atoms with van der Waals surface area (Å²) in [7, 11) is 1.87. The minimum Gasteiger partial charge on any atom is -0.353 e. The van der Waals surface area contributed by atoms with Crippen LogP contribution >= 0.6 is 0 Å². The van der Waals surface area contributed by atoms with Crippen LogP contribution in [-0.2, 0) is 4.79 Å². The van der Waals surface area contributed by atoms with E-state index in [2.05, 4.69) is 17.6 Å². The third-order valence-electron chi connectivity index (χ3n) is 3.39. The minimum atomic E-state index is 0.198. The van der Waals surface area contributed by atoms with Gasteiger partial charge in [0.25, 0.3) is 0 Å². The predicted octanol–water partition coefficient (Wildman–Crippen LogP) is 1.68. The molecule has 0 bridgehead atoms. The molecule has 1 saturated carbocycles. The molecule has 0 spiro atoms. The summed E-state index contributed by atoms with van der Waals surface area (Å²) < 4.78 is 0. The van der Waals surface area contributed by atoms with Crippen LogP contribution in [-0.4, -0.2) is 25.5 Å². The molecule has 0 aromatic heterocycles. The average molecular weight is 212 g/mol. The minimum absolute atomic E-state index is 0.198. The summed E-state index contributed by atoms with van der Waals surface area (Å²) in [4.78, 5) is 11.5. The quantitative estimate of drug-likeness (QED) is 0.728. The van der Waals surface area contributed by atoms with Gasteiger partial charge in [-0.3, -0.25) is 4.79 Å².